The van der Waals surface area contributed by atoms with Crippen LogP contribution in [-0.2, 0) is 4.79 Å². The monoisotopic (exact) mass is 288 g/mol. The molecule has 5 nitrogen and oxygen atoms in total. The predicted octanol–water partition coefficient (Wildman–Crippen LogP) is 2.02. The van der Waals surface area contributed by atoms with Crippen molar-refractivity contribution < 1.29 is 14.7 Å². The maximum Gasteiger partial charge on any atom is 0.317 e. The minimum atomic E-state index is -0.876. The SMILES string of the molecule is CSC1CCCCC1NC(=O)N(C)CC(C)C(=O)O. The van der Waals surface area contributed by atoms with Crippen LogP contribution < -0.4 is 5.32 Å². The highest BCUT2D eigenvalue weighted by Crippen LogP contribution is 2.27. The molecule has 2 N–H and O–H groups in total. The molecular weight excluding hydrogens is 264 g/mol. The van der Waals surface area contributed by atoms with E-state index < -0.39 is 11.9 Å². The molecule has 1 aliphatic carbocycles. The lowest BCUT2D eigenvalue weighted by molar-refractivity contribution is -0.141. The van der Waals surface area contributed by atoms with E-state index in [9.17, 15) is 9.59 Å². The zero-order valence-electron chi connectivity index (χ0n) is 11.9. The standard InChI is InChI=1S/C13H24N2O3S/c1-9(12(16)17)8-15(2)13(18)14-10-6-4-5-7-11(10)19-3/h9-11H,4-8H2,1-3H3,(H,14,18)(H,16,17). The molecule has 1 fully saturated rings. The van der Waals surface area contributed by atoms with Crippen LogP contribution >= 0.6 is 11.8 Å². The number of hydrogen-bond donors (Lipinski definition) is 2. The summed E-state index contributed by atoms with van der Waals surface area (Å²) in [5, 5.41) is 12.4. The van der Waals surface area contributed by atoms with Gasteiger partial charge in [0.15, 0.2) is 0 Å². The number of rotatable bonds is 5. The molecule has 0 spiro atoms. The number of thioether (sulfide) groups is 1. The number of carbonyl (C=O) groups excluding carboxylic acids is 1. The van der Waals surface area contributed by atoms with Crippen molar-refractivity contribution in [3.8, 4) is 0 Å². The van der Waals surface area contributed by atoms with Crippen LogP contribution in [0, 0.1) is 5.92 Å². The number of carbonyl (C=O) groups is 2. The summed E-state index contributed by atoms with van der Waals surface area (Å²) in [5.74, 6) is -1.42. The molecule has 1 rings (SSSR count). The van der Waals surface area contributed by atoms with Crippen molar-refractivity contribution in [2.45, 2.75) is 43.9 Å². The molecule has 1 aliphatic rings. The fourth-order valence-corrected chi connectivity index (χ4v) is 3.32. The first-order chi connectivity index (χ1) is 8.95. The minimum Gasteiger partial charge on any atom is -0.481 e. The van der Waals surface area contributed by atoms with Crippen LogP contribution in [0.4, 0.5) is 4.79 Å². The number of urea groups is 1. The first-order valence-electron chi connectivity index (χ1n) is 6.73. The van der Waals surface area contributed by atoms with Crippen LogP contribution in [0.2, 0.25) is 0 Å². The number of carboxylic acids is 1. The molecule has 0 heterocycles. The molecule has 2 amide bonds. The summed E-state index contributed by atoms with van der Waals surface area (Å²) in [6, 6.07) is 0.0397. The maximum atomic E-state index is 12.0. The van der Waals surface area contributed by atoms with Crippen LogP contribution in [-0.4, -0.2) is 53.1 Å². The molecule has 0 radical (unpaired) electrons. The number of amides is 2. The Hall–Kier alpha value is -0.910. The molecule has 0 aliphatic heterocycles. The predicted molar refractivity (Wildman–Crippen MR) is 77.5 cm³/mol. The van der Waals surface area contributed by atoms with Crippen molar-refractivity contribution in [1.82, 2.24) is 10.2 Å². The third-order valence-corrected chi connectivity index (χ3v) is 4.80. The Balaban J connectivity index is 2.46. The van der Waals surface area contributed by atoms with Gasteiger partial charge >= 0.3 is 12.0 Å². The van der Waals surface area contributed by atoms with Gasteiger partial charge in [-0.05, 0) is 19.1 Å². The van der Waals surface area contributed by atoms with Crippen molar-refractivity contribution in [3.63, 3.8) is 0 Å². The van der Waals surface area contributed by atoms with Gasteiger partial charge in [-0.2, -0.15) is 11.8 Å². The molecule has 0 bridgehead atoms. The lowest BCUT2D eigenvalue weighted by atomic mass is 9.95. The Bertz CT molecular complexity index is 325. The Morgan fingerprint density at radius 1 is 1.42 bits per heavy atom. The third-order valence-electron chi connectivity index (χ3n) is 3.63. The van der Waals surface area contributed by atoms with E-state index in [0.717, 1.165) is 19.3 Å². The van der Waals surface area contributed by atoms with Crippen molar-refractivity contribution in [1.29, 1.82) is 0 Å². The van der Waals surface area contributed by atoms with E-state index in [1.54, 1.807) is 25.7 Å². The van der Waals surface area contributed by atoms with Gasteiger partial charge in [0, 0.05) is 24.9 Å². The van der Waals surface area contributed by atoms with Crippen molar-refractivity contribution in [2.24, 2.45) is 5.92 Å². The Morgan fingerprint density at radius 2 is 2.05 bits per heavy atom. The topological polar surface area (TPSA) is 69.6 Å². The van der Waals surface area contributed by atoms with E-state index in [2.05, 4.69) is 11.6 Å². The Labute approximate surface area is 119 Å². The van der Waals surface area contributed by atoms with E-state index in [-0.39, 0.29) is 18.6 Å². The second-order valence-electron chi connectivity index (χ2n) is 5.23. The van der Waals surface area contributed by atoms with Gasteiger partial charge in [0.25, 0.3) is 0 Å². The first-order valence-corrected chi connectivity index (χ1v) is 8.01. The Morgan fingerprint density at radius 3 is 2.63 bits per heavy atom. The first kappa shape index (κ1) is 16.1. The van der Waals surface area contributed by atoms with Gasteiger partial charge in [-0.15, -0.1) is 0 Å². The molecule has 0 saturated heterocycles. The summed E-state index contributed by atoms with van der Waals surface area (Å²) in [4.78, 5) is 24.3. The van der Waals surface area contributed by atoms with Crippen molar-refractivity contribution >= 4 is 23.8 Å². The van der Waals surface area contributed by atoms with Crippen LogP contribution in [0.1, 0.15) is 32.6 Å². The molecule has 1 saturated carbocycles. The van der Waals surface area contributed by atoms with E-state index in [1.165, 1.54) is 11.3 Å². The van der Waals surface area contributed by atoms with E-state index in [4.69, 9.17) is 5.11 Å². The van der Waals surface area contributed by atoms with Gasteiger partial charge in [0.2, 0.25) is 0 Å². The summed E-state index contributed by atoms with van der Waals surface area (Å²) >= 11 is 1.80. The largest absolute Gasteiger partial charge is 0.481 e. The van der Waals surface area contributed by atoms with Crippen molar-refractivity contribution in [2.75, 3.05) is 19.8 Å². The number of carboxylic acid groups (broad SMARTS) is 1. The molecule has 3 unspecified atom stereocenters. The summed E-state index contributed by atoms with van der Waals surface area (Å²) in [6.45, 7) is 1.84. The molecule has 0 aromatic carbocycles. The maximum absolute atomic E-state index is 12.0. The summed E-state index contributed by atoms with van der Waals surface area (Å²) in [5.41, 5.74) is 0. The van der Waals surface area contributed by atoms with Gasteiger partial charge in [0.05, 0.1) is 5.92 Å². The molecule has 19 heavy (non-hydrogen) atoms. The van der Waals surface area contributed by atoms with Gasteiger partial charge in [-0.3, -0.25) is 4.79 Å². The highest BCUT2D eigenvalue weighted by atomic mass is 32.2. The molecular formula is C13H24N2O3S. The van der Waals surface area contributed by atoms with Crippen LogP contribution in [0.25, 0.3) is 0 Å². The van der Waals surface area contributed by atoms with Gasteiger partial charge in [0.1, 0.15) is 0 Å². The second kappa shape index (κ2) is 7.62. The molecule has 0 aromatic rings. The molecule has 0 aromatic heterocycles. The van der Waals surface area contributed by atoms with Gasteiger partial charge in [-0.1, -0.05) is 19.8 Å². The summed E-state index contributed by atoms with van der Waals surface area (Å²) in [6.07, 6.45) is 6.60. The fraction of sp³-hybridized carbons (Fsp3) is 0.846. The zero-order valence-corrected chi connectivity index (χ0v) is 12.7. The highest BCUT2D eigenvalue weighted by Gasteiger charge is 2.27. The number of aliphatic carboxylic acids is 1. The molecule has 3 atom stereocenters. The second-order valence-corrected chi connectivity index (χ2v) is 6.31. The lowest BCUT2D eigenvalue weighted by Gasteiger charge is -2.32. The van der Waals surface area contributed by atoms with Gasteiger partial charge in [-0.25, -0.2) is 4.79 Å². The van der Waals surface area contributed by atoms with E-state index in [0.29, 0.717) is 5.25 Å². The smallest absolute Gasteiger partial charge is 0.317 e. The molecule has 6 heteroatoms. The number of nitrogens with zero attached hydrogens (tertiary/aromatic N) is 1. The summed E-state index contributed by atoms with van der Waals surface area (Å²) < 4.78 is 0. The summed E-state index contributed by atoms with van der Waals surface area (Å²) in [7, 11) is 1.64. The third kappa shape index (κ3) is 4.93. The zero-order chi connectivity index (χ0) is 14.4. The van der Waals surface area contributed by atoms with Crippen LogP contribution in [0.3, 0.4) is 0 Å². The fourth-order valence-electron chi connectivity index (χ4n) is 2.38. The van der Waals surface area contributed by atoms with Crippen molar-refractivity contribution in [3.05, 3.63) is 0 Å². The van der Waals surface area contributed by atoms with Crippen LogP contribution in [0.15, 0.2) is 0 Å². The molecule has 110 valence electrons. The Kier molecular flexibility index (Phi) is 6.48. The number of nitrogens with one attached hydrogen (secondary N) is 1. The minimum absolute atomic E-state index is 0.168. The number of hydrogen-bond acceptors (Lipinski definition) is 3. The van der Waals surface area contributed by atoms with E-state index in [1.807, 2.05) is 0 Å². The van der Waals surface area contributed by atoms with Crippen LogP contribution in [0.5, 0.6) is 0 Å². The van der Waals surface area contributed by atoms with Gasteiger partial charge < -0.3 is 15.3 Å². The highest BCUT2D eigenvalue weighted by molar-refractivity contribution is 7.99. The average molecular weight is 288 g/mol. The average Bonchev–Trinajstić information content (AvgIpc) is 2.38. The van der Waals surface area contributed by atoms with E-state index >= 15 is 0 Å². The quantitative estimate of drug-likeness (QED) is 0.812. The normalized spacial score (nSPS) is 24.6. The lowest BCUT2D eigenvalue weighted by Crippen LogP contribution is -2.49.